The van der Waals surface area contributed by atoms with Crippen molar-refractivity contribution in [2.24, 2.45) is 13.0 Å². The summed E-state index contributed by atoms with van der Waals surface area (Å²) in [4.78, 5) is 57.5. The zero-order valence-electron chi connectivity index (χ0n) is 28.3. The van der Waals surface area contributed by atoms with Crippen LogP contribution in [0.15, 0.2) is 66.9 Å². The van der Waals surface area contributed by atoms with Crippen LogP contribution in [0.4, 0.5) is 10.5 Å². The van der Waals surface area contributed by atoms with Gasteiger partial charge < -0.3 is 26.2 Å². The first kappa shape index (κ1) is 34.2. The molecule has 2 saturated carbocycles. The number of hydrogen-bond acceptors (Lipinski definition) is 6. The van der Waals surface area contributed by atoms with Crippen molar-refractivity contribution in [1.29, 1.82) is 0 Å². The van der Waals surface area contributed by atoms with Gasteiger partial charge in [-0.05, 0) is 60.9 Å². The van der Waals surface area contributed by atoms with Gasteiger partial charge in [-0.25, -0.2) is 4.79 Å². The van der Waals surface area contributed by atoms with E-state index in [1.165, 1.54) is 10.2 Å². The highest BCUT2D eigenvalue weighted by Crippen LogP contribution is 2.28. The summed E-state index contributed by atoms with van der Waals surface area (Å²) in [5, 5.41) is 16.0. The fourth-order valence-corrected chi connectivity index (χ4v) is 6.86. The highest BCUT2D eigenvalue weighted by molar-refractivity contribution is 6.00. The molecule has 1 saturated heterocycles. The molecule has 3 aromatic rings. The number of nitrogens with zero attached hydrogens (tertiary/aromatic N) is 4. The molecule has 3 fully saturated rings. The van der Waals surface area contributed by atoms with Crippen molar-refractivity contribution in [2.45, 2.75) is 76.0 Å². The fourth-order valence-electron chi connectivity index (χ4n) is 6.86. The number of rotatable bonds is 12. The van der Waals surface area contributed by atoms with Crippen molar-refractivity contribution >= 4 is 29.4 Å². The Morgan fingerprint density at radius 3 is 2.18 bits per heavy atom. The maximum Gasteiger partial charge on any atom is 0.315 e. The van der Waals surface area contributed by atoms with E-state index in [9.17, 15) is 19.2 Å². The van der Waals surface area contributed by atoms with Crippen LogP contribution in [0.5, 0.6) is 0 Å². The Morgan fingerprint density at radius 1 is 0.816 bits per heavy atom. The van der Waals surface area contributed by atoms with Gasteiger partial charge in [0.1, 0.15) is 17.8 Å². The van der Waals surface area contributed by atoms with Gasteiger partial charge in [0.2, 0.25) is 11.8 Å². The minimum absolute atomic E-state index is 0.0463. The number of carbonyl (C=O) groups excluding carboxylic acids is 4. The Bertz CT molecular complexity index is 1580. The van der Waals surface area contributed by atoms with Crippen molar-refractivity contribution in [3.05, 3.63) is 83.7 Å². The van der Waals surface area contributed by atoms with Crippen molar-refractivity contribution < 1.29 is 19.2 Å². The number of carbonyl (C=O) groups is 4. The van der Waals surface area contributed by atoms with Gasteiger partial charge in [-0.3, -0.25) is 24.0 Å². The molecule has 1 aliphatic heterocycles. The summed E-state index contributed by atoms with van der Waals surface area (Å²) in [6.45, 7) is 3.56. The largest absolute Gasteiger partial charge is 0.339 e. The molecule has 2 atom stereocenters. The molecule has 12 nitrogen and oxygen atoms in total. The molecule has 2 aliphatic carbocycles. The van der Waals surface area contributed by atoms with Gasteiger partial charge in [0, 0.05) is 64.1 Å². The van der Waals surface area contributed by atoms with Crippen LogP contribution in [0.25, 0.3) is 0 Å². The van der Waals surface area contributed by atoms with Crippen molar-refractivity contribution in [2.75, 3.05) is 31.5 Å². The van der Waals surface area contributed by atoms with E-state index in [-0.39, 0.29) is 35.7 Å². The smallest absolute Gasteiger partial charge is 0.315 e. The van der Waals surface area contributed by atoms with Crippen molar-refractivity contribution in [1.82, 2.24) is 35.5 Å². The molecule has 1 aromatic heterocycles. The van der Waals surface area contributed by atoms with E-state index in [1.54, 1.807) is 19.3 Å². The molecule has 2 heterocycles. The zero-order valence-corrected chi connectivity index (χ0v) is 28.3. The molecule has 6 rings (SSSR count). The number of aromatic nitrogens is 2. The van der Waals surface area contributed by atoms with Gasteiger partial charge >= 0.3 is 6.03 Å². The first-order valence-corrected chi connectivity index (χ1v) is 17.6. The number of piperazine rings is 1. The minimum atomic E-state index is -0.724. The molecule has 0 bridgehead atoms. The monoisotopic (exact) mass is 668 g/mol. The first-order chi connectivity index (χ1) is 23.8. The van der Waals surface area contributed by atoms with E-state index in [1.807, 2.05) is 47.4 Å². The average molecular weight is 669 g/mol. The third-order valence-corrected chi connectivity index (χ3v) is 9.85. The molecule has 5 amide bonds. The topological polar surface area (TPSA) is 141 Å². The van der Waals surface area contributed by atoms with Crippen LogP contribution in [-0.4, -0.2) is 87.6 Å². The maximum absolute atomic E-state index is 13.8. The average Bonchev–Trinajstić information content (AvgIpc) is 3.83. The SMILES string of the molecule is Cn1nccc1C(=O)N[C@H](C(=O)Nc1ccc(CC(NC(=O)NC2CC2)C(=O)N2CCN(Cc3ccccc3)CC2)cc1)C1CCCCC1. The Labute approximate surface area is 288 Å². The van der Waals surface area contributed by atoms with Crippen LogP contribution in [0.2, 0.25) is 0 Å². The molecular formula is C37H48N8O4. The number of amides is 5. The summed E-state index contributed by atoms with van der Waals surface area (Å²) in [5.41, 5.74) is 3.10. The lowest BCUT2D eigenvalue weighted by molar-refractivity contribution is -0.135. The van der Waals surface area contributed by atoms with Gasteiger partial charge in [-0.15, -0.1) is 0 Å². The maximum atomic E-state index is 13.8. The molecule has 3 aliphatic rings. The molecule has 49 heavy (non-hydrogen) atoms. The van der Waals surface area contributed by atoms with Crippen LogP contribution in [0.3, 0.4) is 0 Å². The summed E-state index contributed by atoms with van der Waals surface area (Å²) in [6, 6.07) is 17.8. The highest BCUT2D eigenvalue weighted by atomic mass is 16.2. The Kier molecular flexibility index (Phi) is 11.2. The third kappa shape index (κ3) is 9.47. The molecular weight excluding hydrogens is 620 g/mol. The van der Waals surface area contributed by atoms with E-state index < -0.39 is 12.1 Å². The van der Waals surface area contributed by atoms with Crippen LogP contribution in [-0.2, 0) is 29.6 Å². The molecule has 2 aromatic carbocycles. The first-order valence-electron chi connectivity index (χ1n) is 17.6. The summed E-state index contributed by atoms with van der Waals surface area (Å²) >= 11 is 0. The van der Waals surface area contributed by atoms with Crippen molar-refractivity contribution in [3.8, 4) is 0 Å². The normalized spacial score (nSPS) is 18.3. The van der Waals surface area contributed by atoms with Gasteiger partial charge in [0.25, 0.3) is 5.91 Å². The van der Waals surface area contributed by atoms with Gasteiger partial charge in [-0.1, -0.05) is 61.7 Å². The highest BCUT2D eigenvalue weighted by Gasteiger charge is 2.33. The van der Waals surface area contributed by atoms with E-state index >= 15 is 0 Å². The lowest BCUT2D eigenvalue weighted by Gasteiger charge is -2.36. The molecule has 4 N–H and O–H groups in total. The van der Waals surface area contributed by atoms with E-state index in [0.29, 0.717) is 30.9 Å². The number of urea groups is 1. The molecule has 0 spiro atoms. The molecule has 260 valence electrons. The van der Waals surface area contributed by atoms with Crippen LogP contribution in [0, 0.1) is 5.92 Å². The quantitative estimate of drug-likeness (QED) is 0.233. The predicted octanol–water partition coefficient (Wildman–Crippen LogP) is 3.45. The Balaban J connectivity index is 1.08. The summed E-state index contributed by atoms with van der Waals surface area (Å²) in [7, 11) is 1.70. The second-order valence-corrected chi connectivity index (χ2v) is 13.6. The van der Waals surface area contributed by atoms with Gasteiger partial charge in [-0.2, -0.15) is 5.10 Å². The van der Waals surface area contributed by atoms with Gasteiger partial charge in [0.05, 0.1) is 0 Å². The zero-order chi connectivity index (χ0) is 34.2. The number of benzene rings is 2. The second kappa shape index (κ2) is 16.1. The number of nitrogens with one attached hydrogen (secondary N) is 4. The summed E-state index contributed by atoms with van der Waals surface area (Å²) < 4.78 is 1.50. The standard InChI is InChI=1S/C37H48N8O4/c1-43-32(18-19-38-43)34(46)42-33(28-10-6-3-7-11-28)35(47)39-29-14-12-26(13-15-29)24-31(41-37(49)40-30-16-17-30)36(48)45-22-20-44(21-23-45)25-27-8-4-2-5-9-27/h2,4-5,8-9,12-15,18-19,28,30-31,33H,3,6-7,10-11,16-17,20-25H2,1H3,(H,39,47)(H,42,46)(H2,40,41,49)/t31?,33-/m0/s1. The van der Waals surface area contributed by atoms with Crippen LogP contribution < -0.4 is 21.3 Å². The predicted molar refractivity (Wildman–Crippen MR) is 187 cm³/mol. The van der Waals surface area contributed by atoms with E-state index in [4.69, 9.17) is 0 Å². The van der Waals surface area contributed by atoms with Crippen LogP contribution in [0.1, 0.15) is 66.6 Å². The fraction of sp³-hybridized carbons (Fsp3) is 0.486. The lowest BCUT2D eigenvalue weighted by atomic mass is 9.83. The van der Waals surface area contributed by atoms with Gasteiger partial charge in [0.15, 0.2) is 0 Å². The van der Waals surface area contributed by atoms with E-state index in [2.05, 4.69) is 43.4 Å². The number of hydrogen-bond donors (Lipinski definition) is 4. The molecule has 12 heteroatoms. The third-order valence-electron chi connectivity index (χ3n) is 9.85. The summed E-state index contributed by atoms with van der Waals surface area (Å²) in [5.74, 6) is -0.632. The molecule has 0 radical (unpaired) electrons. The number of aryl methyl sites for hydroxylation is 1. The van der Waals surface area contributed by atoms with E-state index in [0.717, 1.165) is 70.1 Å². The molecule has 1 unspecified atom stereocenters. The summed E-state index contributed by atoms with van der Waals surface area (Å²) in [6.07, 6.45) is 8.74. The lowest BCUT2D eigenvalue weighted by Crippen LogP contribution is -2.56. The van der Waals surface area contributed by atoms with Crippen molar-refractivity contribution in [3.63, 3.8) is 0 Å². The Hall–Kier alpha value is -4.71. The second-order valence-electron chi connectivity index (χ2n) is 13.6. The minimum Gasteiger partial charge on any atom is -0.339 e. The van der Waals surface area contributed by atoms with Crippen LogP contribution >= 0.6 is 0 Å². The number of anilines is 1. The Morgan fingerprint density at radius 2 is 1.53 bits per heavy atom.